The molecule has 1 aliphatic carbocycles. The molecule has 4 rings (SSSR count). The van der Waals surface area contributed by atoms with Crippen LogP contribution in [-0.4, -0.2) is 52.9 Å². The summed E-state index contributed by atoms with van der Waals surface area (Å²) in [5, 5.41) is 1.69. The van der Waals surface area contributed by atoms with E-state index in [0.717, 1.165) is 43.1 Å². The standard InChI is InChI=1S/C18H22ClN3O/c19-14-5-6-16-13(11-14)12-17(20-16)18(23)22-9-7-21(8-10-22)15-3-1-2-4-15/h5-6,11-12,15,20H,1-4,7-10H2. The molecule has 1 aromatic carbocycles. The summed E-state index contributed by atoms with van der Waals surface area (Å²) in [5.41, 5.74) is 1.62. The molecule has 0 spiro atoms. The topological polar surface area (TPSA) is 39.3 Å². The van der Waals surface area contributed by atoms with E-state index in [1.165, 1.54) is 25.7 Å². The molecule has 0 unspecified atom stereocenters. The lowest BCUT2D eigenvalue weighted by Crippen LogP contribution is -2.51. The van der Waals surface area contributed by atoms with Gasteiger partial charge < -0.3 is 9.88 Å². The number of amides is 1. The Morgan fingerprint density at radius 3 is 2.57 bits per heavy atom. The Kier molecular flexibility index (Phi) is 4.04. The van der Waals surface area contributed by atoms with Crippen LogP contribution in [0.15, 0.2) is 24.3 Å². The minimum absolute atomic E-state index is 0.100. The fourth-order valence-corrected chi connectivity index (χ4v) is 4.13. The molecule has 23 heavy (non-hydrogen) atoms. The van der Waals surface area contributed by atoms with Gasteiger partial charge in [0.2, 0.25) is 0 Å². The summed E-state index contributed by atoms with van der Waals surface area (Å²) in [4.78, 5) is 20.5. The van der Waals surface area contributed by atoms with Gasteiger partial charge in [-0.3, -0.25) is 9.69 Å². The first-order chi connectivity index (χ1) is 11.2. The van der Waals surface area contributed by atoms with Crippen LogP contribution >= 0.6 is 11.6 Å². The number of rotatable bonds is 2. The molecular formula is C18H22ClN3O. The third kappa shape index (κ3) is 2.98. The molecule has 1 amide bonds. The van der Waals surface area contributed by atoms with E-state index in [-0.39, 0.29) is 5.91 Å². The number of fused-ring (bicyclic) bond motifs is 1. The van der Waals surface area contributed by atoms with Gasteiger partial charge in [0.1, 0.15) is 5.69 Å². The summed E-state index contributed by atoms with van der Waals surface area (Å²) < 4.78 is 0. The van der Waals surface area contributed by atoms with Crippen LogP contribution in [0.25, 0.3) is 10.9 Å². The van der Waals surface area contributed by atoms with Crippen molar-refractivity contribution in [1.82, 2.24) is 14.8 Å². The molecule has 2 heterocycles. The highest BCUT2D eigenvalue weighted by atomic mass is 35.5. The number of H-pyrrole nitrogens is 1. The summed E-state index contributed by atoms with van der Waals surface area (Å²) >= 11 is 6.02. The highest BCUT2D eigenvalue weighted by Crippen LogP contribution is 2.25. The van der Waals surface area contributed by atoms with E-state index in [9.17, 15) is 4.79 Å². The van der Waals surface area contributed by atoms with Gasteiger partial charge in [0.15, 0.2) is 0 Å². The number of hydrogen-bond donors (Lipinski definition) is 1. The maximum Gasteiger partial charge on any atom is 0.270 e. The van der Waals surface area contributed by atoms with Gasteiger partial charge in [0.05, 0.1) is 0 Å². The highest BCUT2D eigenvalue weighted by Gasteiger charge is 2.28. The number of piperazine rings is 1. The second kappa shape index (κ2) is 6.17. The zero-order valence-corrected chi connectivity index (χ0v) is 14.0. The molecule has 0 bridgehead atoms. The predicted molar refractivity (Wildman–Crippen MR) is 93.0 cm³/mol. The lowest BCUT2D eigenvalue weighted by molar-refractivity contribution is 0.0569. The molecule has 0 radical (unpaired) electrons. The first-order valence-electron chi connectivity index (χ1n) is 8.52. The molecular weight excluding hydrogens is 310 g/mol. The molecule has 122 valence electrons. The zero-order valence-electron chi connectivity index (χ0n) is 13.2. The van der Waals surface area contributed by atoms with Gasteiger partial charge in [-0.1, -0.05) is 24.4 Å². The summed E-state index contributed by atoms with van der Waals surface area (Å²) in [5.74, 6) is 0.100. The van der Waals surface area contributed by atoms with E-state index in [2.05, 4.69) is 9.88 Å². The van der Waals surface area contributed by atoms with Gasteiger partial charge in [-0.25, -0.2) is 0 Å². The Morgan fingerprint density at radius 1 is 1.09 bits per heavy atom. The van der Waals surface area contributed by atoms with E-state index < -0.39 is 0 Å². The molecule has 1 aromatic heterocycles. The quantitative estimate of drug-likeness (QED) is 0.914. The second-order valence-electron chi connectivity index (χ2n) is 6.68. The molecule has 1 saturated carbocycles. The number of nitrogens with zero attached hydrogens (tertiary/aromatic N) is 2. The average molecular weight is 332 g/mol. The number of aromatic amines is 1. The van der Waals surface area contributed by atoms with Crippen LogP contribution in [0.5, 0.6) is 0 Å². The van der Waals surface area contributed by atoms with Crippen LogP contribution in [0, 0.1) is 0 Å². The highest BCUT2D eigenvalue weighted by molar-refractivity contribution is 6.31. The van der Waals surface area contributed by atoms with Crippen molar-refractivity contribution >= 4 is 28.4 Å². The van der Waals surface area contributed by atoms with E-state index >= 15 is 0 Å². The van der Waals surface area contributed by atoms with Gasteiger partial charge in [-0.2, -0.15) is 0 Å². The van der Waals surface area contributed by atoms with Gasteiger partial charge in [-0.05, 0) is 37.1 Å². The Morgan fingerprint density at radius 2 is 1.83 bits per heavy atom. The van der Waals surface area contributed by atoms with Crippen LogP contribution in [0.4, 0.5) is 0 Å². The fourth-order valence-electron chi connectivity index (χ4n) is 3.95. The van der Waals surface area contributed by atoms with E-state index in [1.807, 2.05) is 29.2 Å². The van der Waals surface area contributed by atoms with Crippen molar-refractivity contribution in [3.8, 4) is 0 Å². The van der Waals surface area contributed by atoms with E-state index in [0.29, 0.717) is 10.7 Å². The third-order valence-corrected chi connectivity index (χ3v) is 5.49. The van der Waals surface area contributed by atoms with Gasteiger partial charge in [0, 0.05) is 48.1 Å². The van der Waals surface area contributed by atoms with Crippen LogP contribution < -0.4 is 0 Å². The lowest BCUT2D eigenvalue weighted by atomic mass is 10.1. The average Bonchev–Trinajstić information content (AvgIpc) is 3.23. The number of carbonyl (C=O) groups excluding carboxylic acids is 1. The predicted octanol–water partition coefficient (Wildman–Crippen LogP) is 3.52. The second-order valence-corrected chi connectivity index (χ2v) is 7.12. The zero-order chi connectivity index (χ0) is 15.8. The Bertz CT molecular complexity index is 712. The molecule has 0 atom stereocenters. The van der Waals surface area contributed by atoms with Crippen molar-refractivity contribution in [2.24, 2.45) is 0 Å². The van der Waals surface area contributed by atoms with Gasteiger partial charge in [-0.15, -0.1) is 0 Å². The Balaban J connectivity index is 1.44. The SMILES string of the molecule is O=C(c1cc2cc(Cl)ccc2[nH]1)N1CCN(C2CCCC2)CC1. The first-order valence-corrected chi connectivity index (χ1v) is 8.90. The van der Waals surface area contributed by atoms with E-state index in [1.54, 1.807) is 0 Å². The summed E-state index contributed by atoms with van der Waals surface area (Å²) in [6.45, 7) is 3.65. The molecule has 1 N–H and O–H groups in total. The number of aromatic nitrogens is 1. The lowest BCUT2D eigenvalue weighted by Gasteiger charge is -2.37. The maximum atomic E-state index is 12.7. The van der Waals surface area contributed by atoms with Crippen molar-refractivity contribution in [2.75, 3.05) is 26.2 Å². The van der Waals surface area contributed by atoms with Crippen molar-refractivity contribution in [3.63, 3.8) is 0 Å². The summed E-state index contributed by atoms with van der Waals surface area (Å²) in [6, 6.07) is 8.32. The minimum Gasteiger partial charge on any atom is -0.351 e. The normalized spacial score (nSPS) is 20.5. The largest absolute Gasteiger partial charge is 0.351 e. The van der Waals surface area contributed by atoms with Crippen molar-refractivity contribution < 1.29 is 4.79 Å². The number of halogens is 1. The molecule has 5 heteroatoms. The van der Waals surface area contributed by atoms with Crippen molar-refractivity contribution in [1.29, 1.82) is 0 Å². The Hall–Kier alpha value is -1.52. The fraction of sp³-hybridized carbons (Fsp3) is 0.500. The summed E-state index contributed by atoms with van der Waals surface area (Å²) in [7, 11) is 0. The van der Waals surface area contributed by atoms with E-state index in [4.69, 9.17) is 11.6 Å². The molecule has 2 aromatic rings. The maximum absolute atomic E-state index is 12.7. The molecule has 1 saturated heterocycles. The van der Waals surface area contributed by atoms with Crippen LogP contribution in [0.1, 0.15) is 36.2 Å². The van der Waals surface area contributed by atoms with Crippen LogP contribution in [-0.2, 0) is 0 Å². The number of hydrogen-bond acceptors (Lipinski definition) is 2. The van der Waals surface area contributed by atoms with Crippen molar-refractivity contribution in [3.05, 3.63) is 35.0 Å². The number of nitrogens with one attached hydrogen (secondary N) is 1. The third-order valence-electron chi connectivity index (χ3n) is 5.26. The number of benzene rings is 1. The van der Waals surface area contributed by atoms with Crippen LogP contribution in [0.3, 0.4) is 0 Å². The Labute approximate surface area is 141 Å². The monoisotopic (exact) mass is 331 g/mol. The van der Waals surface area contributed by atoms with Crippen LogP contribution in [0.2, 0.25) is 5.02 Å². The molecule has 2 aliphatic rings. The van der Waals surface area contributed by atoms with Gasteiger partial charge >= 0.3 is 0 Å². The van der Waals surface area contributed by atoms with Crippen molar-refractivity contribution in [2.45, 2.75) is 31.7 Å². The minimum atomic E-state index is 0.100. The smallest absolute Gasteiger partial charge is 0.270 e. The molecule has 1 aliphatic heterocycles. The molecule has 2 fully saturated rings. The first kappa shape index (κ1) is 15.0. The molecule has 4 nitrogen and oxygen atoms in total. The van der Waals surface area contributed by atoms with Gasteiger partial charge in [0.25, 0.3) is 5.91 Å². The number of carbonyl (C=O) groups is 1. The summed E-state index contributed by atoms with van der Waals surface area (Å²) in [6.07, 6.45) is 5.39.